The molecule has 0 aliphatic carbocycles. The predicted octanol–water partition coefficient (Wildman–Crippen LogP) is 2.91. The van der Waals surface area contributed by atoms with Gasteiger partial charge in [-0.05, 0) is 26.0 Å². The third-order valence-corrected chi connectivity index (χ3v) is 4.14. The quantitative estimate of drug-likeness (QED) is 0.747. The van der Waals surface area contributed by atoms with Crippen LogP contribution < -0.4 is 5.32 Å². The van der Waals surface area contributed by atoms with Gasteiger partial charge in [-0.1, -0.05) is 18.2 Å². The fraction of sp³-hybridized carbons (Fsp3) is 0.278. The summed E-state index contributed by atoms with van der Waals surface area (Å²) in [5, 5.41) is 10.5. The monoisotopic (exact) mass is 342 g/mol. The molecule has 25 heavy (non-hydrogen) atoms. The first-order chi connectivity index (χ1) is 12.0. The number of methoxy groups -OCH3 is 1. The number of rotatable bonds is 5. The van der Waals surface area contributed by atoms with Crippen molar-refractivity contribution in [3.05, 3.63) is 59.2 Å². The van der Waals surface area contributed by atoms with Crippen LogP contribution in [0.5, 0.6) is 0 Å². The van der Waals surface area contributed by atoms with Crippen molar-refractivity contribution in [2.24, 2.45) is 0 Å². The normalized spacial score (nSPS) is 13.6. The Labute approximate surface area is 144 Å². The Balaban J connectivity index is 1.80. The van der Waals surface area contributed by atoms with Crippen LogP contribution in [0.4, 0.5) is 4.39 Å². The van der Waals surface area contributed by atoms with Crippen molar-refractivity contribution in [1.82, 2.24) is 20.5 Å². The first kappa shape index (κ1) is 17.0. The van der Waals surface area contributed by atoms with Crippen LogP contribution in [0.1, 0.15) is 34.6 Å². The van der Waals surface area contributed by atoms with Crippen LogP contribution in [0, 0.1) is 12.7 Å². The number of H-pyrrole nitrogens is 1. The number of pyridine rings is 1. The summed E-state index contributed by atoms with van der Waals surface area (Å²) in [5.74, 6) is -0.673. The summed E-state index contributed by atoms with van der Waals surface area (Å²) in [6.07, 6.45) is 0.868. The maximum absolute atomic E-state index is 14.0. The van der Waals surface area contributed by atoms with Crippen molar-refractivity contribution >= 4 is 16.9 Å². The summed E-state index contributed by atoms with van der Waals surface area (Å²) in [6, 6.07) is 7.66. The number of nitrogens with one attached hydrogen (secondary N) is 2. The number of ether oxygens (including phenoxy) is 1. The Kier molecular flexibility index (Phi) is 4.76. The summed E-state index contributed by atoms with van der Waals surface area (Å²) < 4.78 is 19.4. The highest BCUT2D eigenvalue weighted by Crippen LogP contribution is 2.23. The van der Waals surface area contributed by atoms with E-state index in [0.29, 0.717) is 16.8 Å². The molecule has 0 aliphatic heterocycles. The number of aromatic amines is 1. The Morgan fingerprint density at radius 1 is 1.36 bits per heavy atom. The predicted molar refractivity (Wildman–Crippen MR) is 91.7 cm³/mol. The molecular weight excluding hydrogens is 323 g/mol. The van der Waals surface area contributed by atoms with Gasteiger partial charge in [0.2, 0.25) is 0 Å². The zero-order valence-electron chi connectivity index (χ0n) is 14.2. The minimum atomic E-state index is -0.600. The molecule has 2 aromatic heterocycles. The molecule has 0 fully saturated rings. The maximum Gasteiger partial charge on any atom is 0.253 e. The van der Waals surface area contributed by atoms with Crippen LogP contribution in [-0.2, 0) is 4.74 Å². The average molecular weight is 342 g/mol. The number of amides is 1. The van der Waals surface area contributed by atoms with Crippen molar-refractivity contribution in [2.45, 2.75) is 26.0 Å². The highest BCUT2D eigenvalue weighted by atomic mass is 19.1. The molecule has 3 rings (SSSR count). The van der Waals surface area contributed by atoms with Crippen LogP contribution in [-0.4, -0.2) is 34.2 Å². The number of carbonyl (C=O) groups excluding carboxylic acids is 1. The Morgan fingerprint density at radius 3 is 2.84 bits per heavy atom. The first-order valence-corrected chi connectivity index (χ1v) is 7.90. The van der Waals surface area contributed by atoms with Crippen LogP contribution in [0.3, 0.4) is 0 Å². The molecule has 2 N–H and O–H groups in total. The lowest BCUT2D eigenvalue weighted by Crippen LogP contribution is -2.38. The number of aromatic nitrogens is 3. The van der Waals surface area contributed by atoms with Gasteiger partial charge in [0.05, 0.1) is 11.6 Å². The summed E-state index contributed by atoms with van der Waals surface area (Å²) in [5.41, 5.74) is 2.21. The molecule has 0 aliphatic rings. The molecule has 130 valence electrons. The molecule has 2 atom stereocenters. The number of halogens is 1. The topological polar surface area (TPSA) is 79.9 Å². The van der Waals surface area contributed by atoms with E-state index in [2.05, 4.69) is 20.5 Å². The van der Waals surface area contributed by atoms with Crippen LogP contribution >= 0.6 is 0 Å². The molecule has 1 amide bonds. The SMILES string of the molecule is COC(c1ccccc1F)C(C)NC(=O)c1cnc2n[nH]c(C)c2c1. The second kappa shape index (κ2) is 6.98. The molecular formula is C18H19FN4O2. The summed E-state index contributed by atoms with van der Waals surface area (Å²) in [4.78, 5) is 16.7. The zero-order valence-corrected chi connectivity index (χ0v) is 14.2. The molecule has 0 saturated carbocycles. The third kappa shape index (κ3) is 3.36. The van der Waals surface area contributed by atoms with Gasteiger partial charge in [-0.2, -0.15) is 5.10 Å². The number of hydrogen-bond donors (Lipinski definition) is 2. The fourth-order valence-corrected chi connectivity index (χ4v) is 2.82. The van der Waals surface area contributed by atoms with Gasteiger partial charge in [-0.15, -0.1) is 0 Å². The van der Waals surface area contributed by atoms with E-state index in [9.17, 15) is 9.18 Å². The highest BCUT2D eigenvalue weighted by molar-refractivity contribution is 5.97. The minimum Gasteiger partial charge on any atom is -0.375 e. The number of benzene rings is 1. The average Bonchev–Trinajstić information content (AvgIpc) is 2.98. The first-order valence-electron chi connectivity index (χ1n) is 7.90. The standard InChI is InChI=1S/C18H19FN4O2/c1-10-14-8-12(9-20-17(14)23-22-10)18(24)21-11(2)16(25-3)13-6-4-5-7-15(13)19/h4-9,11,16H,1-3H3,(H,21,24)(H,20,22,23). The van der Waals surface area contributed by atoms with Gasteiger partial charge < -0.3 is 10.1 Å². The molecule has 1 aromatic carbocycles. The van der Waals surface area contributed by atoms with Crippen LogP contribution in [0.2, 0.25) is 0 Å². The zero-order chi connectivity index (χ0) is 18.0. The second-order valence-electron chi connectivity index (χ2n) is 5.88. The number of nitrogens with zero attached hydrogens (tertiary/aromatic N) is 2. The van der Waals surface area contributed by atoms with E-state index in [4.69, 9.17) is 4.74 Å². The Bertz CT molecular complexity index is 909. The molecule has 0 saturated heterocycles. The van der Waals surface area contributed by atoms with E-state index in [1.165, 1.54) is 19.4 Å². The molecule has 7 heteroatoms. The second-order valence-corrected chi connectivity index (χ2v) is 5.88. The summed E-state index contributed by atoms with van der Waals surface area (Å²) >= 11 is 0. The molecule has 3 aromatic rings. The van der Waals surface area contributed by atoms with E-state index in [-0.39, 0.29) is 11.7 Å². The number of carbonyl (C=O) groups is 1. The molecule has 0 spiro atoms. The van der Waals surface area contributed by atoms with Gasteiger partial charge in [0.15, 0.2) is 5.65 Å². The molecule has 2 heterocycles. The van der Waals surface area contributed by atoms with E-state index >= 15 is 0 Å². The van der Waals surface area contributed by atoms with Gasteiger partial charge in [0.25, 0.3) is 5.91 Å². The van der Waals surface area contributed by atoms with Gasteiger partial charge in [-0.25, -0.2) is 9.37 Å². The van der Waals surface area contributed by atoms with Gasteiger partial charge >= 0.3 is 0 Å². The lowest BCUT2D eigenvalue weighted by Gasteiger charge is -2.24. The number of hydrogen-bond acceptors (Lipinski definition) is 4. The van der Waals surface area contributed by atoms with Crippen molar-refractivity contribution in [3.63, 3.8) is 0 Å². The van der Waals surface area contributed by atoms with E-state index in [1.54, 1.807) is 31.2 Å². The third-order valence-electron chi connectivity index (χ3n) is 4.14. The van der Waals surface area contributed by atoms with Crippen LogP contribution in [0.25, 0.3) is 11.0 Å². The fourth-order valence-electron chi connectivity index (χ4n) is 2.82. The number of fused-ring (bicyclic) bond motifs is 1. The van der Waals surface area contributed by atoms with Crippen molar-refractivity contribution in [3.8, 4) is 0 Å². The van der Waals surface area contributed by atoms with Gasteiger partial charge in [0, 0.05) is 30.0 Å². The minimum absolute atomic E-state index is 0.305. The molecule has 0 bridgehead atoms. The van der Waals surface area contributed by atoms with E-state index < -0.39 is 12.1 Å². The van der Waals surface area contributed by atoms with Crippen molar-refractivity contribution in [2.75, 3.05) is 7.11 Å². The number of aryl methyl sites for hydroxylation is 1. The van der Waals surface area contributed by atoms with Gasteiger partial charge in [0.1, 0.15) is 11.9 Å². The summed E-state index contributed by atoms with van der Waals surface area (Å²) in [6.45, 7) is 3.63. The van der Waals surface area contributed by atoms with Gasteiger partial charge in [-0.3, -0.25) is 9.89 Å². The lowest BCUT2D eigenvalue weighted by molar-refractivity contribution is 0.0625. The molecule has 2 unspecified atom stereocenters. The summed E-state index contributed by atoms with van der Waals surface area (Å²) in [7, 11) is 1.49. The van der Waals surface area contributed by atoms with E-state index in [0.717, 1.165) is 11.1 Å². The maximum atomic E-state index is 14.0. The smallest absolute Gasteiger partial charge is 0.253 e. The largest absolute Gasteiger partial charge is 0.375 e. The lowest BCUT2D eigenvalue weighted by atomic mass is 10.0. The van der Waals surface area contributed by atoms with Crippen LogP contribution in [0.15, 0.2) is 36.5 Å². The highest BCUT2D eigenvalue weighted by Gasteiger charge is 2.24. The van der Waals surface area contributed by atoms with Crippen molar-refractivity contribution in [1.29, 1.82) is 0 Å². The Morgan fingerprint density at radius 2 is 2.12 bits per heavy atom. The molecule has 6 nitrogen and oxygen atoms in total. The van der Waals surface area contributed by atoms with Crippen molar-refractivity contribution < 1.29 is 13.9 Å². The van der Waals surface area contributed by atoms with E-state index in [1.807, 2.05) is 6.92 Å². The molecule has 0 radical (unpaired) electrons. The Hall–Kier alpha value is -2.80.